The molecule has 1 unspecified atom stereocenters. The molecule has 1 saturated carbocycles. The van der Waals surface area contributed by atoms with Crippen LogP contribution in [0.1, 0.15) is 78.5 Å². The molecule has 0 bridgehead atoms. The lowest BCUT2D eigenvalue weighted by Crippen LogP contribution is -2.28. The Bertz CT molecular complexity index is 803. The normalized spacial score (nSPS) is 15.2. The maximum absolute atomic E-state index is 12.2. The van der Waals surface area contributed by atoms with E-state index in [4.69, 9.17) is 4.52 Å². The van der Waals surface area contributed by atoms with Crippen LogP contribution in [-0.4, -0.2) is 31.6 Å². The largest absolute Gasteiger partial charge is 0.345 e. The molecule has 1 fully saturated rings. The van der Waals surface area contributed by atoms with E-state index in [2.05, 4.69) is 20.6 Å². The molecule has 0 aliphatic heterocycles. The van der Waals surface area contributed by atoms with E-state index in [1.54, 1.807) is 11.6 Å². The summed E-state index contributed by atoms with van der Waals surface area (Å²) in [5, 5.41) is 11.2. The molecule has 134 valence electrons. The fourth-order valence-corrected chi connectivity index (χ4v) is 2.94. The summed E-state index contributed by atoms with van der Waals surface area (Å²) in [5.74, 6) is 1.44. The first-order valence-corrected chi connectivity index (χ1v) is 8.54. The third-order valence-electron chi connectivity index (χ3n) is 4.43. The number of carbonyl (C=O) groups excluding carboxylic acids is 2. The number of amides is 1. The van der Waals surface area contributed by atoms with E-state index < -0.39 is 0 Å². The van der Waals surface area contributed by atoms with Crippen LogP contribution in [0.5, 0.6) is 0 Å². The predicted octanol–water partition coefficient (Wildman–Crippen LogP) is 2.23. The van der Waals surface area contributed by atoms with Crippen molar-refractivity contribution in [3.63, 3.8) is 0 Å². The maximum Gasteiger partial charge on any atom is 0.248 e. The Hall–Kier alpha value is -2.51. The second-order valence-corrected chi connectivity index (χ2v) is 6.63. The monoisotopic (exact) mass is 345 g/mol. The first-order valence-electron chi connectivity index (χ1n) is 8.54. The summed E-state index contributed by atoms with van der Waals surface area (Å²) < 4.78 is 6.93. The minimum absolute atomic E-state index is 0.0119. The number of rotatable bonds is 7. The first-order chi connectivity index (χ1) is 11.9. The molecule has 3 rings (SSSR count). The van der Waals surface area contributed by atoms with Crippen molar-refractivity contribution in [1.82, 2.24) is 25.2 Å². The van der Waals surface area contributed by atoms with Crippen molar-refractivity contribution >= 4 is 11.7 Å². The van der Waals surface area contributed by atoms with E-state index in [-0.39, 0.29) is 24.2 Å². The summed E-state index contributed by atoms with van der Waals surface area (Å²) in [6, 6.07) is -0.333. The van der Waals surface area contributed by atoms with Gasteiger partial charge in [0.05, 0.1) is 11.3 Å². The molecule has 0 spiro atoms. The number of aryl methyl sites for hydroxylation is 2. The molecule has 8 nitrogen and oxygen atoms in total. The lowest BCUT2D eigenvalue weighted by Gasteiger charge is -2.10. The second-order valence-electron chi connectivity index (χ2n) is 6.63. The molecule has 1 aliphatic rings. The zero-order chi connectivity index (χ0) is 18.1. The fourth-order valence-electron chi connectivity index (χ4n) is 2.94. The van der Waals surface area contributed by atoms with Gasteiger partial charge < -0.3 is 9.84 Å². The van der Waals surface area contributed by atoms with Crippen molar-refractivity contribution in [2.24, 2.45) is 0 Å². The zero-order valence-electron chi connectivity index (χ0n) is 15.0. The number of nitrogens with one attached hydrogen (secondary N) is 1. The molecule has 8 heteroatoms. The third kappa shape index (κ3) is 3.78. The van der Waals surface area contributed by atoms with Crippen LogP contribution >= 0.6 is 0 Å². The number of ketones is 1. The van der Waals surface area contributed by atoms with E-state index in [1.165, 1.54) is 6.92 Å². The van der Waals surface area contributed by atoms with Gasteiger partial charge in [0, 0.05) is 24.6 Å². The van der Waals surface area contributed by atoms with Crippen LogP contribution in [0.15, 0.2) is 4.52 Å². The molecular formula is C17H23N5O3. The van der Waals surface area contributed by atoms with E-state index in [0.29, 0.717) is 29.6 Å². The minimum Gasteiger partial charge on any atom is -0.345 e. The Labute approximate surface area is 146 Å². The van der Waals surface area contributed by atoms with Crippen LogP contribution in [0.2, 0.25) is 0 Å². The van der Waals surface area contributed by atoms with Crippen molar-refractivity contribution in [3.8, 4) is 0 Å². The quantitative estimate of drug-likeness (QED) is 0.772. The topological polar surface area (TPSA) is 103 Å². The summed E-state index contributed by atoms with van der Waals surface area (Å²) in [7, 11) is 0. The lowest BCUT2D eigenvalue weighted by atomic mass is 10.1. The number of Topliss-reactive ketones (excluding diaryl/α,β-unsaturated/α-hetero) is 1. The van der Waals surface area contributed by atoms with Gasteiger partial charge in [-0.3, -0.25) is 14.3 Å². The Morgan fingerprint density at radius 2 is 2.08 bits per heavy atom. The number of hydrogen-bond acceptors (Lipinski definition) is 6. The second kappa shape index (κ2) is 6.78. The van der Waals surface area contributed by atoms with E-state index >= 15 is 0 Å². The summed E-state index contributed by atoms with van der Waals surface area (Å²) >= 11 is 0. The highest BCUT2D eigenvalue weighted by Crippen LogP contribution is 2.38. The number of aromatic nitrogens is 4. The van der Waals surface area contributed by atoms with Gasteiger partial charge in [-0.1, -0.05) is 5.16 Å². The number of hydrogen-bond donors (Lipinski definition) is 1. The average molecular weight is 345 g/mol. The molecular weight excluding hydrogens is 322 g/mol. The van der Waals surface area contributed by atoms with Gasteiger partial charge in [-0.15, -0.1) is 0 Å². The third-order valence-corrected chi connectivity index (χ3v) is 4.43. The number of carbonyl (C=O) groups is 2. The van der Waals surface area contributed by atoms with E-state index in [9.17, 15) is 9.59 Å². The van der Waals surface area contributed by atoms with Gasteiger partial charge in [0.1, 0.15) is 6.04 Å². The van der Waals surface area contributed by atoms with Crippen LogP contribution in [0.3, 0.4) is 0 Å². The predicted molar refractivity (Wildman–Crippen MR) is 89.2 cm³/mol. The molecule has 2 aromatic heterocycles. The standard InChI is InChI=1S/C17H23N5O3/c1-9-15(12(4)23)11(3)22(20-9)8-7-14(24)18-10(2)17-19-16(21-25-17)13-5-6-13/h10,13H,5-8H2,1-4H3,(H,18,24). The van der Waals surface area contributed by atoms with Crippen molar-refractivity contribution in [3.05, 3.63) is 28.7 Å². The summed E-state index contributed by atoms with van der Waals surface area (Å²) in [6.45, 7) is 7.40. The Morgan fingerprint density at radius 1 is 1.36 bits per heavy atom. The van der Waals surface area contributed by atoms with Gasteiger partial charge in [-0.05, 0) is 40.5 Å². The highest BCUT2D eigenvalue weighted by Gasteiger charge is 2.29. The van der Waals surface area contributed by atoms with Crippen molar-refractivity contribution in [2.45, 2.75) is 65.5 Å². The molecule has 25 heavy (non-hydrogen) atoms. The Balaban J connectivity index is 1.55. The molecule has 1 N–H and O–H groups in total. The van der Waals surface area contributed by atoms with Crippen molar-refractivity contribution in [2.75, 3.05) is 0 Å². The molecule has 1 atom stereocenters. The Morgan fingerprint density at radius 3 is 2.68 bits per heavy atom. The zero-order valence-corrected chi connectivity index (χ0v) is 15.0. The first kappa shape index (κ1) is 17.3. The molecule has 2 aromatic rings. The smallest absolute Gasteiger partial charge is 0.248 e. The van der Waals surface area contributed by atoms with Crippen molar-refractivity contribution in [1.29, 1.82) is 0 Å². The summed E-state index contributed by atoms with van der Waals surface area (Å²) in [4.78, 5) is 28.2. The minimum atomic E-state index is -0.333. The summed E-state index contributed by atoms with van der Waals surface area (Å²) in [5.41, 5.74) is 2.11. The SMILES string of the molecule is CC(=O)c1c(C)nn(CCC(=O)NC(C)c2nc(C3CC3)no2)c1C. The fraction of sp³-hybridized carbons (Fsp3) is 0.588. The summed E-state index contributed by atoms with van der Waals surface area (Å²) in [6.07, 6.45) is 2.46. The molecule has 0 radical (unpaired) electrons. The van der Waals surface area contributed by atoms with Crippen LogP contribution in [0.25, 0.3) is 0 Å². The van der Waals surface area contributed by atoms with Gasteiger partial charge in [0.25, 0.3) is 0 Å². The van der Waals surface area contributed by atoms with Crippen LogP contribution < -0.4 is 5.32 Å². The van der Waals surface area contributed by atoms with Crippen LogP contribution in [0.4, 0.5) is 0 Å². The molecule has 0 aromatic carbocycles. The lowest BCUT2D eigenvalue weighted by molar-refractivity contribution is -0.122. The van der Waals surface area contributed by atoms with Crippen molar-refractivity contribution < 1.29 is 14.1 Å². The van der Waals surface area contributed by atoms with Crippen LogP contribution in [-0.2, 0) is 11.3 Å². The van der Waals surface area contributed by atoms with Gasteiger partial charge >= 0.3 is 0 Å². The number of nitrogens with zero attached hydrogens (tertiary/aromatic N) is 4. The molecule has 2 heterocycles. The molecule has 0 saturated heterocycles. The van der Waals surface area contributed by atoms with Crippen LogP contribution in [0, 0.1) is 13.8 Å². The van der Waals surface area contributed by atoms with Gasteiger partial charge in [0.2, 0.25) is 11.8 Å². The Kier molecular flexibility index (Phi) is 4.69. The van der Waals surface area contributed by atoms with Gasteiger partial charge in [0.15, 0.2) is 11.6 Å². The molecule has 1 amide bonds. The van der Waals surface area contributed by atoms with E-state index in [1.807, 2.05) is 13.8 Å². The van der Waals surface area contributed by atoms with E-state index in [0.717, 1.165) is 24.4 Å². The highest BCUT2D eigenvalue weighted by molar-refractivity contribution is 5.96. The van der Waals surface area contributed by atoms with Gasteiger partial charge in [-0.25, -0.2) is 0 Å². The maximum atomic E-state index is 12.2. The highest BCUT2D eigenvalue weighted by atomic mass is 16.5. The van der Waals surface area contributed by atoms with Gasteiger partial charge in [-0.2, -0.15) is 10.1 Å². The average Bonchev–Trinajstić information content (AvgIpc) is 3.19. The molecule has 1 aliphatic carbocycles.